The Hall–Kier alpha value is -7.83. The van der Waals surface area contributed by atoms with Crippen LogP contribution < -0.4 is 0 Å². The van der Waals surface area contributed by atoms with Gasteiger partial charge in [-0.1, -0.05) is 140 Å². The van der Waals surface area contributed by atoms with E-state index in [0.29, 0.717) is 17.5 Å². The van der Waals surface area contributed by atoms with E-state index in [1.54, 1.807) is 0 Å². The lowest BCUT2D eigenvalue weighted by molar-refractivity contribution is 0.666. The Morgan fingerprint density at radius 3 is 1.63 bits per heavy atom. The molecule has 12 rings (SSSR count). The maximum atomic E-state index is 6.80. The largest absolute Gasteiger partial charge is 0.455 e. The molecule has 0 atom stereocenters. The van der Waals surface area contributed by atoms with Crippen molar-refractivity contribution in [2.75, 3.05) is 0 Å². The molecule has 266 valence electrons. The van der Waals surface area contributed by atoms with Crippen molar-refractivity contribution < 1.29 is 8.83 Å². The average Bonchev–Trinajstić information content (AvgIpc) is 3.96. The molecule has 0 saturated heterocycles. The Bertz CT molecular complexity index is 3410. The van der Waals surface area contributed by atoms with Gasteiger partial charge in [-0.15, -0.1) is 0 Å². The highest BCUT2D eigenvalue weighted by atomic mass is 16.3. The number of fused-ring (bicyclic) bond motifs is 9. The standard InChI is InChI=1S/C51H30N4O2/c1-3-14-31(15-4-1)49-52-50(32-16-5-2-6-17-32)54-51(53-49)40-23-11-21-38-37-29-28-33(30-45(37)57-47(38)40)34-20-13-27-44-46(34)39-22-12-26-43(48(39)56-44)55-41-24-9-7-18-35(41)36-19-8-10-25-42(36)55/h1-30H. The molecule has 0 aliphatic carbocycles. The Balaban J connectivity index is 1.02. The van der Waals surface area contributed by atoms with E-state index in [4.69, 9.17) is 23.8 Å². The summed E-state index contributed by atoms with van der Waals surface area (Å²) in [6, 6.07) is 62.6. The van der Waals surface area contributed by atoms with Gasteiger partial charge in [0.05, 0.1) is 22.3 Å². The maximum Gasteiger partial charge on any atom is 0.167 e. The number of rotatable bonds is 5. The average molecular weight is 731 g/mol. The van der Waals surface area contributed by atoms with Gasteiger partial charge in [0.2, 0.25) is 0 Å². The lowest BCUT2D eigenvalue weighted by Gasteiger charge is -2.08. The van der Waals surface area contributed by atoms with Gasteiger partial charge in [0.25, 0.3) is 0 Å². The highest BCUT2D eigenvalue weighted by molar-refractivity contribution is 6.17. The van der Waals surface area contributed by atoms with Crippen molar-refractivity contribution in [3.63, 3.8) is 0 Å². The lowest BCUT2D eigenvalue weighted by atomic mass is 9.98. The van der Waals surface area contributed by atoms with Crippen molar-refractivity contribution >= 4 is 65.7 Å². The van der Waals surface area contributed by atoms with Crippen molar-refractivity contribution in [2.45, 2.75) is 0 Å². The van der Waals surface area contributed by atoms with E-state index in [0.717, 1.165) is 88.4 Å². The molecule has 6 heteroatoms. The van der Waals surface area contributed by atoms with Crippen LogP contribution in [-0.2, 0) is 0 Å². The van der Waals surface area contributed by atoms with Crippen molar-refractivity contribution in [3.8, 4) is 51.0 Å². The Morgan fingerprint density at radius 2 is 0.912 bits per heavy atom. The molecular weight excluding hydrogens is 701 g/mol. The molecule has 4 aromatic heterocycles. The molecule has 0 bridgehead atoms. The summed E-state index contributed by atoms with van der Waals surface area (Å²) in [6.45, 7) is 0. The fraction of sp³-hybridized carbons (Fsp3) is 0. The minimum absolute atomic E-state index is 0.557. The first-order valence-electron chi connectivity index (χ1n) is 19.0. The molecule has 12 aromatic rings. The monoisotopic (exact) mass is 730 g/mol. The predicted molar refractivity (Wildman–Crippen MR) is 230 cm³/mol. The Morgan fingerprint density at radius 1 is 0.351 bits per heavy atom. The van der Waals surface area contributed by atoms with Crippen LogP contribution in [0.1, 0.15) is 0 Å². The van der Waals surface area contributed by atoms with Crippen molar-refractivity contribution in [2.24, 2.45) is 0 Å². The zero-order chi connectivity index (χ0) is 37.5. The van der Waals surface area contributed by atoms with E-state index in [2.05, 4.69) is 114 Å². The van der Waals surface area contributed by atoms with Crippen LogP contribution in [0.5, 0.6) is 0 Å². The second-order valence-corrected chi connectivity index (χ2v) is 14.3. The molecule has 8 aromatic carbocycles. The van der Waals surface area contributed by atoms with Crippen LogP contribution in [0, 0.1) is 0 Å². The van der Waals surface area contributed by atoms with Gasteiger partial charge in [-0.05, 0) is 53.6 Å². The number of hydrogen-bond acceptors (Lipinski definition) is 5. The summed E-state index contributed by atoms with van der Waals surface area (Å²) in [6.07, 6.45) is 0. The first-order valence-corrected chi connectivity index (χ1v) is 19.0. The fourth-order valence-corrected chi connectivity index (χ4v) is 8.50. The van der Waals surface area contributed by atoms with Gasteiger partial charge in [-0.2, -0.15) is 0 Å². The summed E-state index contributed by atoms with van der Waals surface area (Å²) in [5.41, 5.74) is 11.3. The molecule has 0 amide bonds. The Labute approximate surface area is 325 Å². The van der Waals surface area contributed by atoms with Crippen LogP contribution in [0.3, 0.4) is 0 Å². The van der Waals surface area contributed by atoms with Crippen LogP contribution in [0.2, 0.25) is 0 Å². The molecular formula is C51H30N4O2. The van der Waals surface area contributed by atoms with Gasteiger partial charge in [0.1, 0.15) is 16.7 Å². The highest BCUT2D eigenvalue weighted by Crippen LogP contribution is 2.43. The van der Waals surface area contributed by atoms with Crippen LogP contribution in [0.25, 0.3) is 117 Å². The molecule has 0 spiro atoms. The quantitative estimate of drug-likeness (QED) is 0.176. The second kappa shape index (κ2) is 12.3. The molecule has 0 saturated carbocycles. The molecule has 4 heterocycles. The lowest BCUT2D eigenvalue weighted by Crippen LogP contribution is -2.00. The summed E-state index contributed by atoms with van der Waals surface area (Å²) in [5.74, 6) is 1.77. The summed E-state index contributed by atoms with van der Waals surface area (Å²) in [5, 5.41) is 6.58. The van der Waals surface area contributed by atoms with E-state index in [1.807, 2.05) is 72.8 Å². The number of aromatic nitrogens is 4. The van der Waals surface area contributed by atoms with Crippen molar-refractivity contribution in [1.29, 1.82) is 0 Å². The maximum absolute atomic E-state index is 6.80. The van der Waals surface area contributed by atoms with Gasteiger partial charge in [-0.3, -0.25) is 0 Å². The molecule has 0 N–H and O–H groups in total. The smallest absolute Gasteiger partial charge is 0.167 e. The fourth-order valence-electron chi connectivity index (χ4n) is 8.50. The molecule has 0 radical (unpaired) electrons. The van der Waals surface area contributed by atoms with E-state index < -0.39 is 0 Å². The van der Waals surface area contributed by atoms with E-state index in [9.17, 15) is 0 Å². The molecule has 0 aliphatic heterocycles. The second-order valence-electron chi connectivity index (χ2n) is 14.3. The van der Waals surface area contributed by atoms with Crippen LogP contribution in [-0.4, -0.2) is 19.5 Å². The number of nitrogens with zero attached hydrogens (tertiary/aromatic N) is 4. The van der Waals surface area contributed by atoms with Gasteiger partial charge >= 0.3 is 0 Å². The topological polar surface area (TPSA) is 69.9 Å². The van der Waals surface area contributed by atoms with Crippen molar-refractivity contribution in [3.05, 3.63) is 182 Å². The summed E-state index contributed by atoms with van der Waals surface area (Å²) < 4.78 is 15.9. The number of para-hydroxylation sites is 4. The minimum Gasteiger partial charge on any atom is -0.455 e. The summed E-state index contributed by atoms with van der Waals surface area (Å²) in [4.78, 5) is 14.9. The number of furan rings is 2. The highest BCUT2D eigenvalue weighted by Gasteiger charge is 2.21. The zero-order valence-electron chi connectivity index (χ0n) is 30.4. The molecule has 0 unspecified atom stereocenters. The minimum atomic E-state index is 0.557. The van der Waals surface area contributed by atoms with Crippen LogP contribution in [0.4, 0.5) is 0 Å². The van der Waals surface area contributed by atoms with Gasteiger partial charge in [0.15, 0.2) is 23.1 Å². The summed E-state index contributed by atoms with van der Waals surface area (Å²) >= 11 is 0. The van der Waals surface area contributed by atoms with Crippen LogP contribution in [0.15, 0.2) is 191 Å². The molecule has 0 fully saturated rings. The predicted octanol–water partition coefficient (Wildman–Crippen LogP) is 13.4. The van der Waals surface area contributed by atoms with Gasteiger partial charge < -0.3 is 13.4 Å². The third-order valence-electron chi connectivity index (χ3n) is 11.1. The molecule has 57 heavy (non-hydrogen) atoms. The first kappa shape index (κ1) is 31.5. The third-order valence-corrected chi connectivity index (χ3v) is 11.1. The SMILES string of the molecule is c1ccc(-c2nc(-c3ccccc3)nc(-c3cccc4c3oc3cc(-c5cccc6oc7c(-n8c9ccccc9c9ccccc98)cccc7c56)ccc34)n2)cc1. The van der Waals surface area contributed by atoms with Gasteiger partial charge in [0, 0.05) is 43.4 Å². The van der Waals surface area contributed by atoms with E-state index in [-0.39, 0.29) is 0 Å². The van der Waals surface area contributed by atoms with Crippen molar-refractivity contribution in [1.82, 2.24) is 19.5 Å². The zero-order valence-corrected chi connectivity index (χ0v) is 30.4. The summed E-state index contributed by atoms with van der Waals surface area (Å²) in [7, 11) is 0. The first-order chi connectivity index (χ1) is 28.3. The Kier molecular flexibility index (Phi) is 6.83. The molecule has 0 aliphatic rings. The third kappa shape index (κ3) is 4.87. The number of benzene rings is 8. The van der Waals surface area contributed by atoms with Crippen LogP contribution >= 0.6 is 0 Å². The van der Waals surface area contributed by atoms with E-state index >= 15 is 0 Å². The molecule has 6 nitrogen and oxygen atoms in total. The van der Waals surface area contributed by atoms with Gasteiger partial charge in [-0.25, -0.2) is 15.0 Å². The number of hydrogen-bond donors (Lipinski definition) is 0. The normalized spacial score (nSPS) is 11.9. The van der Waals surface area contributed by atoms with E-state index in [1.165, 1.54) is 10.8 Å².